The summed E-state index contributed by atoms with van der Waals surface area (Å²) in [4.78, 5) is 22.0. The van der Waals surface area contributed by atoms with Crippen molar-refractivity contribution in [3.8, 4) is 5.69 Å². The highest BCUT2D eigenvalue weighted by atomic mass is 32.1. The topological polar surface area (TPSA) is 50.2 Å². The molecule has 0 aromatic carbocycles. The van der Waals surface area contributed by atoms with Gasteiger partial charge in [0.1, 0.15) is 9.71 Å². The van der Waals surface area contributed by atoms with E-state index in [2.05, 4.69) is 30.1 Å². The lowest BCUT2D eigenvalue weighted by atomic mass is 10.0. The molecule has 1 N–H and O–H groups in total. The zero-order valence-electron chi connectivity index (χ0n) is 17.6. The van der Waals surface area contributed by atoms with Crippen molar-refractivity contribution in [2.45, 2.75) is 52.5 Å². The second-order valence-electron chi connectivity index (χ2n) is 8.12. The molecule has 1 aliphatic heterocycles. The Kier molecular flexibility index (Phi) is 6.01. The number of hydrogen-bond donors (Lipinski definition) is 1. The largest absolute Gasteiger partial charge is 0.351 e. The molecule has 1 aliphatic rings. The van der Waals surface area contributed by atoms with Gasteiger partial charge >= 0.3 is 0 Å². The number of thiophene rings is 1. The second kappa shape index (κ2) is 8.67. The van der Waals surface area contributed by atoms with Gasteiger partial charge in [-0.2, -0.15) is 0 Å². The van der Waals surface area contributed by atoms with Crippen LogP contribution in [0.5, 0.6) is 0 Å². The number of aryl methyl sites for hydroxylation is 2. The zero-order valence-corrected chi connectivity index (χ0v) is 18.4. The summed E-state index contributed by atoms with van der Waals surface area (Å²) >= 11 is 1.49. The Morgan fingerprint density at radius 2 is 2.07 bits per heavy atom. The maximum atomic E-state index is 13.1. The number of carbonyl (C=O) groups excluding carboxylic acids is 1. The molecule has 0 unspecified atom stereocenters. The normalized spacial score (nSPS) is 17.7. The second-order valence-corrected chi connectivity index (χ2v) is 9.12. The molecule has 0 spiro atoms. The highest BCUT2D eigenvalue weighted by molar-refractivity contribution is 7.21. The first-order valence-electron chi connectivity index (χ1n) is 10.6. The smallest absolute Gasteiger partial charge is 0.263 e. The Bertz CT molecular complexity index is 992. The number of piperidine rings is 1. The molecule has 154 valence electrons. The van der Waals surface area contributed by atoms with E-state index in [-0.39, 0.29) is 5.91 Å². The van der Waals surface area contributed by atoms with Crippen LogP contribution in [0.3, 0.4) is 0 Å². The van der Waals surface area contributed by atoms with Crippen molar-refractivity contribution in [3.63, 3.8) is 0 Å². The summed E-state index contributed by atoms with van der Waals surface area (Å²) in [5.41, 5.74) is 3.09. The molecular formula is C23H30N4OS. The predicted molar refractivity (Wildman–Crippen MR) is 120 cm³/mol. The Morgan fingerprint density at radius 1 is 1.28 bits per heavy atom. The van der Waals surface area contributed by atoms with E-state index in [0.717, 1.165) is 45.0 Å². The number of nitrogens with one attached hydrogen (secondary N) is 1. The molecule has 6 heteroatoms. The van der Waals surface area contributed by atoms with Gasteiger partial charge in [0.2, 0.25) is 0 Å². The summed E-state index contributed by atoms with van der Waals surface area (Å²) in [7, 11) is 0. The molecular weight excluding hydrogens is 380 g/mol. The van der Waals surface area contributed by atoms with Crippen molar-refractivity contribution in [2.75, 3.05) is 19.6 Å². The molecule has 1 atom stereocenters. The molecule has 0 radical (unpaired) electrons. The fourth-order valence-electron chi connectivity index (χ4n) is 4.36. The molecule has 3 aromatic rings. The number of amides is 1. The highest BCUT2D eigenvalue weighted by Gasteiger charge is 2.22. The molecule has 1 fully saturated rings. The third-order valence-electron chi connectivity index (χ3n) is 5.88. The SMILES string of the molecule is Cc1cc(C)c2c(-n3cccc3)c(C(=O)NCCCN3CCCC[C@H]3C)sc2n1. The van der Waals surface area contributed by atoms with Crippen molar-refractivity contribution >= 4 is 27.5 Å². The summed E-state index contributed by atoms with van der Waals surface area (Å²) < 4.78 is 2.03. The first-order chi connectivity index (χ1) is 14.0. The molecule has 3 aromatic heterocycles. The number of aromatic nitrogens is 2. The van der Waals surface area contributed by atoms with Gasteiger partial charge in [-0.05, 0) is 70.3 Å². The third-order valence-corrected chi connectivity index (χ3v) is 6.95. The van der Waals surface area contributed by atoms with E-state index >= 15 is 0 Å². The van der Waals surface area contributed by atoms with Crippen LogP contribution in [0.1, 0.15) is 53.5 Å². The Hall–Kier alpha value is -2.18. The van der Waals surface area contributed by atoms with Crippen LogP contribution in [0, 0.1) is 13.8 Å². The van der Waals surface area contributed by atoms with Crippen LogP contribution in [-0.4, -0.2) is 46.0 Å². The van der Waals surface area contributed by atoms with Crippen molar-refractivity contribution in [1.29, 1.82) is 0 Å². The van der Waals surface area contributed by atoms with E-state index in [1.807, 2.05) is 36.0 Å². The van der Waals surface area contributed by atoms with E-state index in [9.17, 15) is 4.79 Å². The Labute approximate surface area is 176 Å². The molecule has 0 bridgehead atoms. The quantitative estimate of drug-likeness (QED) is 0.600. The van der Waals surface area contributed by atoms with Gasteiger partial charge in [-0.1, -0.05) is 6.42 Å². The van der Waals surface area contributed by atoms with Crippen molar-refractivity contribution in [2.24, 2.45) is 0 Å². The van der Waals surface area contributed by atoms with E-state index in [0.29, 0.717) is 12.6 Å². The lowest BCUT2D eigenvalue weighted by Gasteiger charge is -2.33. The summed E-state index contributed by atoms with van der Waals surface area (Å²) in [6.45, 7) is 9.36. The highest BCUT2D eigenvalue weighted by Crippen LogP contribution is 2.35. The van der Waals surface area contributed by atoms with Gasteiger partial charge in [-0.3, -0.25) is 4.79 Å². The van der Waals surface area contributed by atoms with Crippen LogP contribution in [-0.2, 0) is 0 Å². The minimum absolute atomic E-state index is 0.000413. The van der Waals surface area contributed by atoms with Crippen molar-refractivity contribution < 1.29 is 4.79 Å². The van der Waals surface area contributed by atoms with Gasteiger partial charge in [-0.15, -0.1) is 11.3 Å². The van der Waals surface area contributed by atoms with E-state index in [1.165, 1.54) is 37.1 Å². The van der Waals surface area contributed by atoms with Gasteiger partial charge in [0.05, 0.1) is 5.69 Å². The number of carbonyl (C=O) groups is 1. The summed E-state index contributed by atoms with van der Waals surface area (Å²) in [5, 5.41) is 4.23. The number of fused-ring (bicyclic) bond motifs is 1. The first kappa shape index (κ1) is 20.1. The van der Waals surface area contributed by atoms with Crippen LogP contribution in [0.2, 0.25) is 0 Å². The first-order valence-corrected chi connectivity index (χ1v) is 11.4. The monoisotopic (exact) mass is 410 g/mol. The minimum Gasteiger partial charge on any atom is -0.351 e. The van der Waals surface area contributed by atoms with Gasteiger partial charge in [0.15, 0.2) is 0 Å². The molecule has 5 nitrogen and oxygen atoms in total. The summed E-state index contributed by atoms with van der Waals surface area (Å²) in [6.07, 6.45) is 8.90. The average Bonchev–Trinajstić information content (AvgIpc) is 3.33. The molecule has 4 heterocycles. The van der Waals surface area contributed by atoms with Crippen LogP contribution < -0.4 is 5.32 Å². The lowest BCUT2D eigenvalue weighted by Crippen LogP contribution is -2.39. The van der Waals surface area contributed by atoms with E-state index in [4.69, 9.17) is 4.98 Å². The van der Waals surface area contributed by atoms with Crippen molar-refractivity contribution in [3.05, 3.63) is 46.7 Å². The number of likely N-dealkylation sites (tertiary alicyclic amines) is 1. The minimum atomic E-state index is 0.000413. The van der Waals surface area contributed by atoms with Crippen LogP contribution in [0.25, 0.3) is 15.9 Å². The van der Waals surface area contributed by atoms with Crippen molar-refractivity contribution in [1.82, 2.24) is 19.8 Å². The standard InChI is InChI=1S/C23H30N4OS/c1-16-15-17(2)25-23-19(16)20(27-12-6-7-13-27)21(29-23)22(28)24-10-8-14-26-11-5-4-9-18(26)3/h6-7,12-13,15,18H,4-5,8-11,14H2,1-3H3,(H,24,28)/t18-/m1/s1. The van der Waals surface area contributed by atoms with Gasteiger partial charge in [0, 0.05) is 42.6 Å². The zero-order chi connectivity index (χ0) is 20.4. The molecule has 1 amide bonds. The van der Waals surface area contributed by atoms with Crippen LogP contribution >= 0.6 is 11.3 Å². The van der Waals surface area contributed by atoms with Gasteiger partial charge in [0.25, 0.3) is 5.91 Å². The van der Waals surface area contributed by atoms with Gasteiger partial charge in [-0.25, -0.2) is 4.98 Å². The Balaban J connectivity index is 1.51. The van der Waals surface area contributed by atoms with Gasteiger partial charge < -0.3 is 14.8 Å². The lowest BCUT2D eigenvalue weighted by molar-refractivity contribution is 0.0953. The van der Waals surface area contributed by atoms with E-state index in [1.54, 1.807) is 0 Å². The molecule has 0 saturated carbocycles. The third kappa shape index (κ3) is 4.23. The Morgan fingerprint density at radius 3 is 2.83 bits per heavy atom. The molecule has 1 saturated heterocycles. The molecule has 29 heavy (non-hydrogen) atoms. The average molecular weight is 411 g/mol. The summed E-state index contributed by atoms with van der Waals surface area (Å²) in [5.74, 6) is 0.000413. The number of pyridine rings is 1. The molecule has 4 rings (SSSR count). The molecule has 0 aliphatic carbocycles. The summed E-state index contributed by atoms with van der Waals surface area (Å²) in [6, 6.07) is 6.73. The number of rotatable bonds is 6. The predicted octanol–water partition coefficient (Wildman–Crippen LogP) is 4.70. The van der Waals surface area contributed by atoms with E-state index < -0.39 is 0 Å². The fourth-order valence-corrected chi connectivity index (χ4v) is 5.57. The van der Waals surface area contributed by atoms with Crippen LogP contribution in [0.15, 0.2) is 30.6 Å². The maximum absolute atomic E-state index is 13.1. The van der Waals surface area contributed by atoms with Crippen LogP contribution in [0.4, 0.5) is 0 Å². The fraction of sp³-hybridized carbons (Fsp3) is 0.478. The number of nitrogens with zero attached hydrogens (tertiary/aromatic N) is 3. The number of hydrogen-bond acceptors (Lipinski definition) is 4. The maximum Gasteiger partial charge on any atom is 0.263 e.